The number of ether oxygens (including phenoxy) is 2. The van der Waals surface area contributed by atoms with Crippen molar-refractivity contribution < 1.29 is 27.5 Å². The molecule has 1 aliphatic rings. The molecule has 1 saturated heterocycles. The van der Waals surface area contributed by atoms with E-state index in [4.69, 9.17) is 21.1 Å². The Labute approximate surface area is 183 Å². The van der Waals surface area contributed by atoms with Gasteiger partial charge in [0.2, 0.25) is 0 Å². The Bertz CT molecular complexity index is 1030. The molecule has 0 radical (unpaired) electrons. The summed E-state index contributed by atoms with van der Waals surface area (Å²) in [5.74, 6) is -1.14. The molecule has 0 saturated carbocycles. The van der Waals surface area contributed by atoms with Crippen LogP contribution in [0.25, 0.3) is 0 Å². The number of sulfonamides is 1. The Kier molecular flexibility index (Phi) is 7.02. The smallest absolute Gasteiger partial charge is 0.340 e. The van der Waals surface area contributed by atoms with Crippen LogP contribution < -0.4 is 4.72 Å². The average Bonchev–Trinajstić information content (AvgIpc) is 3.12. The Morgan fingerprint density at radius 1 is 1.20 bits per heavy atom. The summed E-state index contributed by atoms with van der Waals surface area (Å²) in [6.07, 6.45) is -0.205. The maximum Gasteiger partial charge on any atom is 0.340 e. The van der Waals surface area contributed by atoms with Gasteiger partial charge in [0.15, 0.2) is 6.61 Å². The van der Waals surface area contributed by atoms with E-state index in [9.17, 15) is 18.0 Å². The number of rotatable bonds is 6. The van der Waals surface area contributed by atoms with Crippen molar-refractivity contribution in [2.75, 3.05) is 24.4 Å². The monoisotopic (exact) mass is 472 g/mol. The molecule has 3 rings (SSSR count). The van der Waals surface area contributed by atoms with E-state index in [1.807, 2.05) is 13.8 Å². The summed E-state index contributed by atoms with van der Waals surface area (Å²) in [5, 5.41) is 0. The molecule has 30 heavy (non-hydrogen) atoms. The van der Waals surface area contributed by atoms with Gasteiger partial charge in [-0.05, 0) is 38.1 Å². The van der Waals surface area contributed by atoms with E-state index < -0.39 is 22.6 Å². The molecule has 0 aliphatic carbocycles. The Morgan fingerprint density at radius 3 is 2.50 bits per heavy atom. The molecule has 1 aliphatic heterocycles. The van der Waals surface area contributed by atoms with Crippen molar-refractivity contribution in [3.05, 3.63) is 46.3 Å². The van der Waals surface area contributed by atoms with Gasteiger partial charge < -0.3 is 14.4 Å². The van der Waals surface area contributed by atoms with Gasteiger partial charge >= 0.3 is 5.97 Å². The lowest BCUT2D eigenvalue weighted by Crippen LogP contribution is -2.49. The van der Waals surface area contributed by atoms with Crippen molar-refractivity contribution in [3.63, 3.8) is 0 Å². The van der Waals surface area contributed by atoms with Crippen LogP contribution in [-0.4, -0.2) is 57.1 Å². The SMILES string of the molecule is CC1CN(C(=O)COC(=O)c2ccccc2NS(=O)(=O)c2ccc(Cl)s2)CC(C)O1. The number of benzene rings is 1. The fraction of sp³-hybridized carbons (Fsp3) is 0.368. The molecule has 11 heteroatoms. The zero-order valence-electron chi connectivity index (χ0n) is 16.3. The zero-order chi connectivity index (χ0) is 21.9. The molecule has 1 aromatic carbocycles. The second kappa shape index (κ2) is 9.34. The highest BCUT2D eigenvalue weighted by Gasteiger charge is 2.27. The Balaban J connectivity index is 1.68. The molecule has 8 nitrogen and oxygen atoms in total. The van der Waals surface area contributed by atoms with Crippen LogP contribution in [0.3, 0.4) is 0 Å². The van der Waals surface area contributed by atoms with Gasteiger partial charge in [-0.1, -0.05) is 23.7 Å². The Morgan fingerprint density at radius 2 is 1.87 bits per heavy atom. The van der Waals surface area contributed by atoms with Crippen LogP contribution in [0.4, 0.5) is 5.69 Å². The molecule has 2 heterocycles. The number of nitrogens with one attached hydrogen (secondary N) is 1. The molecular formula is C19H21ClN2O6S2. The first-order valence-electron chi connectivity index (χ1n) is 9.13. The fourth-order valence-corrected chi connectivity index (χ4v) is 5.63. The van der Waals surface area contributed by atoms with E-state index >= 15 is 0 Å². The number of carbonyl (C=O) groups is 2. The molecular weight excluding hydrogens is 452 g/mol. The van der Waals surface area contributed by atoms with Crippen molar-refractivity contribution in [1.29, 1.82) is 0 Å². The summed E-state index contributed by atoms with van der Waals surface area (Å²) in [6.45, 7) is 4.12. The molecule has 0 bridgehead atoms. The van der Waals surface area contributed by atoms with Gasteiger partial charge in [-0.3, -0.25) is 9.52 Å². The number of para-hydroxylation sites is 1. The van der Waals surface area contributed by atoms with Gasteiger partial charge in [0.05, 0.1) is 27.8 Å². The van der Waals surface area contributed by atoms with Gasteiger partial charge in [0.1, 0.15) is 4.21 Å². The number of hydrogen-bond donors (Lipinski definition) is 1. The minimum atomic E-state index is -3.92. The molecule has 1 amide bonds. The summed E-state index contributed by atoms with van der Waals surface area (Å²) in [7, 11) is -3.92. The number of halogens is 1. The lowest BCUT2D eigenvalue weighted by molar-refractivity contribution is -0.146. The highest BCUT2D eigenvalue weighted by Crippen LogP contribution is 2.28. The first-order chi connectivity index (χ1) is 14.2. The van der Waals surface area contributed by atoms with Gasteiger partial charge in [-0.2, -0.15) is 0 Å². The number of anilines is 1. The fourth-order valence-electron chi connectivity index (χ4n) is 3.07. The van der Waals surface area contributed by atoms with Crippen LogP contribution in [0, 0.1) is 0 Å². The van der Waals surface area contributed by atoms with Crippen LogP contribution in [0.5, 0.6) is 0 Å². The highest BCUT2D eigenvalue weighted by atomic mass is 35.5. The highest BCUT2D eigenvalue weighted by molar-refractivity contribution is 7.94. The molecule has 0 spiro atoms. The number of esters is 1. The van der Waals surface area contributed by atoms with Gasteiger partial charge in [-0.15, -0.1) is 11.3 Å². The van der Waals surface area contributed by atoms with Crippen LogP contribution in [0.2, 0.25) is 4.34 Å². The molecule has 2 aromatic rings. The van der Waals surface area contributed by atoms with Crippen molar-refractivity contribution in [3.8, 4) is 0 Å². The van der Waals surface area contributed by atoms with Crippen molar-refractivity contribution in [2.24, 2.45) is 0 Å². The van der Waals surface area contributed by atoms with Crippen LogP contribution in [0.15, 0.2) is 40.6 Å². The van der Waals surface area contributed by atoms with E-state index in [0.717, 1.165) is 11.3 Å². The molecule has 1 fully saturated rings. The second-order valence-electron chi connectivity index (χ2n) is 6.84. The molecule has 2 unspecified atom stereocenters. The zero-order valence-corrected chi connectivity index (χ0v) is 18.7. The summed E-state index contributed by atoms with van der Waals surface area (Å²) >= 11 is 6.71. The van der Waals surface area contributed by atoms with E-state index in [2.05, 4.69) is 4.72 Å². The summed E-state index contributed by atoms with van der Waals surface area (Å²) < 4.78 is 38.5. The lowest BCUT2D eigenvalue weighted by atomic mass is 10.2. The third kappa shape index (κ3) is 5.51. The van der Waals surface area contributed by atoms with E-state index in [1.54, 1.807) is 17.0 Å². The molecule has 1 aromatic heterocycles. The molecule has 1 N–H and O–H groups in total. The normalized spacial score (nSPS) is 19.4. The number of nitrogens with zero attached hydrogens (tertiary/aromatic N) is 1. The first-order valence-corrected chi connectivity index (χ1v) is 11.8. The maximum absolute atomic E-state index is 12.5. The number of morpholine rings is 1. The Hall–Kier alpha value is -2.14. The van der Waals surface area contributed by atoms with E-state index in [0.29, 0.717) is 17.4 Å². The van der Waals surface area contributed by atoms with Gasteiger partial charge in [0.25, 0.3) is 15.9 Å². The minimum absolute atomic E-state index is 0.000224. The van der Waals surface area contributed by atoms with Crippen LogP contribution >= 0.6 is 22.9 Å². The summed E-state index contributed by atoms with van der Waals surface area (Å²) in [5.41, 5.74) is 0.0494. The lowest BCUT2D eigenvalue weighted by Gasteiger charge is -2.35. The number of thiophene rings is 1. The quantitative estimate of drug-likeness (QED) is 0.648. The standard InChI is InChI=1S/C19H21ClN2O6S2/c1-12-9-22(10-13(2)28-12)17(23)11-27-19(24)14-5-3-4-6-15(14)21-30(25,26)18-8-7-16(20)29-18/h3-8,12-13,21H,9-11H2,1-2H3. The van der Waals surface area contributed by atoms with Crippen molar-refractivity contribution in [1.82, 2.24) is 4.90 Å². The van der Waals surface area contributed by atoms with E-state index in [-0.39, 0.29) is 33.6 Å². The van der Waals surface area contributed by atoms with E-state index in [1.165, 1.54) is 24.3 Å². The largest absolute Gasteiger partial charge is 0.452 e. The number of carbonyl (C=O) groups excluding carboxylic acids is 2. The third-order valence-corrected chi connectivity index (χ3v) is 7.39. The molecule has 162 valence electrons. The third-order valence-electron chi connectivity index (χ3n) is 4.30. The van der Waals surface area contributed by atoms with Gasteiger partial charge in [-0.25, -0.2) is 13.2 Å². The minimum Gasteiger partial charge on any atom is -0.452 e. The topological polar surface area (TPSA) is 102 Å². The predicted octanol–water partition coefficient (Wildman–Crippen LogP) is 2.99. The van der Waals surface area contributed by atoms with Crippen molar-refractivity contribution in [2.45, 2.75) is 30.3 Å². The number of hydrogen-bond acceptors (Lipinski definition) is 7. The number of amides is 1. The average molecular weight is 473 g/mol. The van der Waals surface area contributed by atoms with Crippen LogP contribution in [-0.2, 0) is 24.3 Å². The summed E-state index contributed by atoms with van der Waals surface area (Å²) in [4.78, 5) is 26.5. The molecule has 2 atom stereocenters. The van der Waals surface area contributed by atoms with Crippen LogP contribution in [0.1, 0.15) is 24.2 Å². The van der Waals surface area contributed by atoms with Gasteiger partial charge in [0, 0.05) is 13.1 Å². The predicted molar refractivity (Wildman–Crippen MR) is 113 cm³/mol. The maximum atomic E-state index is 12.5. The second-order valence-corrected chi connectivity index (χ2v) is 10.5. The summed E-state index contributed by atoms with van der Waals surface area (Å²) in [6, 6.07) is 8.86. The first kappa shape index (κ1) is 22.5. The van der Waals surface area contributed by atoms with Crippen molar-refractivity contribution >= 4 is 50.5 Å².